The third kappa shape index (κ3) is 5.22. The second kappa shape index (κ2) is 9.05. The van der Waals surface area contributed by atoms with Crippen molar-refractivity contribution in [3.05, 3.63) is 29.3 Å². The zero-order chi connectivity index (χ0) is 18.4. The minimum absolute atomic E-state index is 0.0972. The molecule has 0 radical (unpaired) electrons. The van der Waals surface area contributed by atoms with Gasteiger partial charge < -0.3 is 14.6 Å². The maximum atomic E-state index is 11.9. The zero-order valence-corrected chi connectivity index (χ0v) is 15.7. The average molecular weight is 395 g/mol. The molecule has 0 atom stereocenters. The lowest BCUT2D eigenvalue weighted by atomic mass is 10.2. The molecule has 0 aliphatic carbocycles. The van der Waals surface area contributed by atoms with Crippen molar-refractivity contribution in [2.75, 3.05) is 25.4 Å². The van der Waals surface area contributed by atoms with E-state index in [0.717, 1.165) is 43.3 Å². The first-order valence-electron chi connectivity index (χ1n) is 8.38. The molecule has 1 saturated heterocycles. The number of likely N-dealkylation sites (tertiary alicyclic amines) is 1. The zero-order valence-electron chi connectivity index (χ0n) is 14.1. The monoisotopic (exact) mass is 394 g/mol. The quantitative estimate of drug-likeness (QED) is 0.726. The minimum atomic E-state index is -0.171. The predicted molar refractivity (Wildman–Crippen MR) is 98.9 cm³/mol. The Balaban J connectivity index is 1.39. The van der Waals surface area contributed by atoms with Crippen LogP contribution < -0.4 is 5.32 Å². The summed E-state index contributed by atoms with van der Waals surface area (Å²) >= 11 is 7.01. The molecule has 9 heteroatoms. The van der Waals surface area contributed by atoms with E-state index >= 15 is 0 Å². The predicted octanol–water partition coefficient (Wildman–Crippen LogP) is 2.61. The summed E-state index contributed by atoms with van der Waals surface area (Å²) in [4.78, 5) is 25.6. The van der Waals surface area contributed by atoms with Gasteiger partial charge in [-0.1, -0.05) is 23.4 Å². The second-order valence-corrected chi connectivity index (χ2v) is 7.22. The number of aromatic nitrogens is 2. The largest absolute Gasteiger partial charge is 0.411 e. The lowest BCUT2D eigenvalue weighted by Gasteiger charge is -2.14. The van der Waals surface area contributed by atoms with Gasteiger partial charge in [0.1, 0.15) is 0 Å². The number of hydrogen-bond donors (Lipinski definition) is 1. The average Bonchev–Trinajstić information content (AvgIpc) is 3.32. The van der Waals surface area contributed by atoms with Gasteiger partial charge in [-0.05, 0) is 37.1 Å². The lowest BCUT2D eigenvalue weighted by Crippen LogP contribution is -2.33. The molecule has 0 unspecified atom stereocenters. The Hall–Kier alpha value is -2.06. The summed E-state index contributed by atoms with van der Waals surface area (Å²) in [5, 5.41) is 11.6. The Kier molecular flexibility index (Phi) is 6.51. The fraction of sp³-hybridized carbons (Fsp3) is 0.412. The summed E-state index contributed by atoms with van der Waals surface area (Å²) in [7, 11) is 0. The first kappa shape index (κ1) is 18.7. The molecule has 7 nitrogen and oxygen atoms in total. The van der Waals surface area contributed by atoms with Crippen LogP contribution in [0.4, 0.5) is 0 Å². The van der Waals surface area contributed by atoms with Gasteiger partial charge in [0.25, 0.3) is 5.22 Å². The Morgan fingerprint density at radius 1 is 1.19 bits per heavy atom. The van der Waals surface area contributed by atoms with E-state index in [0.29, 0.717) is 29.1 Å². The molecule has 1 aliphatic heterocycles. The standard InChI is InChI=1S/C17H19ClN4O3S/c18-13-5-3-12(4-6-13)16-20-21-17(25-16)26-11-14(23)19-8-7-15(24)22-9-1-2-10-22/h3-6H,1-2,7-11H2,(H,19,23). The number of rotatable bonds is 7. The number of carbonyl (C=O) groups is 2. The molecule has 1 N–H and O–H groups in total. The van der Waals surface area contributed by atoms with Crippen LogP contribution in [0.1, 0.15) is 19.3 Å². The molecule has 2 amide bonds. The van der Waals surface area contributed by atoms with Crippen molar-refractivity contribution in [1.29, 1.82) is 0 Å². The van der Waals surface area contributed by atoms with Crippen molar-refractivity contribution in [3.63, 3.8) is 0 Å². The Bertz CT molecular complexity index is 760. The van der Waals surface area contributed by atoms with Crippen LogP contribution >= 0.6 is 23.4 Å². The minimum Gasteiger partial charge on any atom is -0.411 e. The van der Waals surface area contributed by atoms with Gasteiger partial charge in [-0.15, -0.1) is 10.2 Å². The Morgan fingerprint density at radius 2 is 1.92 bits per heavy atom. The molecule has 3 rings (SSSR count). The van der Waals surface area contributed by atoms with Gasteiger partial charge in [0.05, 0.1) is 5.75 Å². The van der Waals surface area contributed by atoms with E-state index in [4.69, 9.17) is 16.0 Å². The number of nitrogens with one attached hydrogen (secondary N) is 1. The lowest BCUT2D eigenvalue weighted by molar-refractivity contribution is -0.130. The Labute approximate surface area is 160 Å². The van der Waals surface area contributed by atoms with Gasteiger partial charge in [-0.3, -0.25) is 9.59 Å². The number of benzene rings is 1. The molecule has 2 heterocycles. The van der Waals surface area contributed by atoms with Gasteiger partial charge in [0.15, 0.2) is 0 Å². The highest BCUT2D eigenvalue weighted by molar-refractivity contribution is 7.99. The van der Waals surface area contributed by atoms with E-state index in [-0.39, 0.29) is 17.6 Å². The molecule has 1 fully saturated rings. The number of hydrogen-bond acceptors (Lipinski definition) is 6. The molecule has 2 aromatic rings. The summed E-state index contributed by atoms with van der Waals surface area (Å²) < 4.78 is 5.53. The normalized spacial score (nSPS) is 13.8. The van der Waals surface area contributed by atoms with E-state index in [9.17, 15) is 9.59 Å². The molecule has 1 aromatic carbocycles. The number of thioether (sulfide) groups is 1. The smallest absolute Gasteiger partial charge is 0.277 e. The van der Waals surface area contributed by atoms with Gasteiger partial charge in [-0.25, -0.2) is 0 Å². The van der Waals surface area contributed by atoms with Crippen LogP contribution in [-0.4, -0.2) is 52.3 Å². The molecular formula is C17H19ClN4O3S. The topological polar surface area (TPSA) is 88.3 Å². The van der Waals surface area contributed by atoms with E-state index in [1.807, 2.05) is 4.90 Å². The van der Waals surface area contributed by atoms with Crippen LogP contribution in [0.25, 0.3) is 11.5 Å². The third-order valence-electron chi connectivity index (χ3n) is 3.94. The van der Waals surface area contributed by atoms with Crippen molar-refractivity contribution in [2.45, 2.75) is 24.5 Å². The summed E-state index contributed by atoms with van der Waals surface area (Å²) in [6.07, 6.45) is 2.46. The van der Waals surface area contributed by atoms with Crippen molar-refractivity contribution < 1.29 is 14.0 Å². The maximum Gasteiger partial charge on any atom is 0.277 e. The first-order chi connectivity index (χ1) is 12.6. The second-order valence-electron chi connectivity index (χ2n) is 5.86. The van der Waals surface area contributed by atoms with Gasteiger partial charge in [0.2, 0.25) is 17.7 Å². The summed E-state index contributed by atoms with van der Waals surface area (Å²) in [5.41, 5.74) is 0.763. The van der Waals surface area contributed by atoms with Crippen LogP contribution in [0.3, 0.4) is 0 Å². The molecule has 0 bridgehead atoms. The number of nitrogens with zero attached hydrogens (tertiary/aromatic N) is 3. The molecule has 1 aromatic heterocycles. The Morgan fingerprint density at radius 3 is 2.65 bits per heavy atom. The fourth-order valence-electron chi connectivity index (χ4n) is 2.59. The third-order valence-corrected chi connectivity index (χ3v) is 5.01. The molecule has 138 valence electrons. The molecule has 26 heavy (non-hydrogen) atoms. The maximum absolute atomic E-state index is 11.9. The van der Waals surface area contributed by atoms with Crippen molar-refractivity contribution in [1.82, 2.24) is 20.4 Å². The van der Waals surface area contributed by atoms with Gasteiger partial charge >= 0.3 is 0 Å². The number of amides is 2. The van der Waals surface area contributed by atoms with E-state index in [2.05, 4.69) is 15.5 Å². The summed E-state index contributed by atoms with van der Waals surface area (Å²) in [6.45, 7) is 2.00. The van der Waals surface area contributed by atoms with Crippen LogP contribution in [-0.2, 0) is 9.59 Å². The molecule has 0 spiro atoms. The highest BCUT2D eigenvalue weighted by Gasteiger charge is 2.17. The van der Waals surface area contributed by atoms with Gasteiger partial charge in [0, 0.05) is 36.6 Å². The fourth-order valence-corrected chi connectivity index (χ4v) is 3.31. The van der Waals surface area contributed by atoms with E-state index in [1.54, 1.807) is 24.3 Å². The molecule has 0 saturated carbocycles. The number of carbonyl (C=O) groups excluding carboxylic acids is 2. The highest BCUT2D eigenvalue weighted by Crippen LogP contribution is 2.24. The summed E-state index contributed by atoms with van der Waals surface area (Å²) in [6, 6.07) is 7.05. The van der Waals surface area contributed by atoms with Crippen LogP contribution in [0, 0.1) is 0 Å². The number of halogens is 1. The van der Waals surface area contributed by atoms with Crippen molar-refractivity contribution in [3.8, 4) is 11.5 Å². The molecular weight excluding hydrogens is 376 g/mol. The van der Waals surface area contributed by atoms with Gasteiger partial charge in [-0.2, -0.15) is 0 Å². The highest BCUT2D eigenvalue weighted by atomic mass is 35.5. The van der Waals surface area contributed by atoms with Crippen molar-refractivity contribution in [2.24, 2.45) is 0 Å². The van der Waals surface area contributed by atoms with Crippen LogP contribution in [0.2, 0.25) is 5.02 Å². The van der Waals surface area contributed by atoms with E-state index < -0.39 is 0 Å². The SMILES string of the molecule is O=C(CSc1nnc(-c2ccc(Cl)cc2)o1)NCCC(=O)N1CCCC1. The summed E-state index contributed by atoms with van der Waals surface area (Å²) in [5.74, 6) is 0.455. The first-order valence-corrected chi connectivity index (χ1v) is 9.75. The van der Waals surface area contributed by atoms with Crippen LogP contribution in [0.15, 0.2) is 33.9 Å². The van der Waals surface area contributed by atoms with Crippen LogP contribution in [0.5, 0.6) is 0 Å². The van der Waals surface area contributed by atoms with E-state index in [1.165, 1.54) is 0 Å². The molecule has 1 aliphatic rings. The van der Waals surface area contributed by atoms with Crippen molar-refractivity contribution >= 4 is 35.2 Å².